The second-order valence-electron chi connectivity index (χ2n) is 6.33. The lowest BCUT2D eigenvalue weighted by Gasteiger charge is -2.29. The molecule has 0 fully saturated rings. The molecule has 1 atom stereocenters. The number of alkyl carbamates (subject to hydrolysis) is 1. The van der Waals surface area contributed by atoms with Crippen LogP contribution in [0.1, 0.15) is 39.7 Å². The largest absolute Gasteiger partial charge is 0.481 e. The number of nitrogens with zero attached hydrogens (tertiary/aromatic N) is 1. The van der Waals surface area contributed by atoms with Crippen LogP contribution in [0.5, 0.6) is 0 Å². The number of carbonyl (C=O) groups excluding carboxylic acids is 1. The third-order valence-electron chi connectivity index (χ3n) is 3.39. The standard InChI is InChI=1S/C16H24N2O4/c1-5-16(13(19)20,10-12-6-8-17-9-7-12)11-18-14(21)22-15(2,3)4/h6-9H,5,10-11H2,1-4H3,(H,18,21)(H,19,20). The van der Waals surface area contributed by atoms with Crippen molar-refractivity contribution in [2.24, 2.45) is 5.41 Å². The van der Waals surface area contributed by atoms with E-state index in [9.17, 15) is 14.7 Å². The van der Waals surface area contributed by atoms with E-state index in [1.807, 2.05) is 0 Å². The number of ether oxygens (including phenoxy) is 1. The molecule has 0 aliphatic rings. The highest BCUT2D eigenvalue weighted by Gasteiger charge is 2.37. The molecule has 6 nitrogen and oxygen atoms in total. The molecule has 0 bridgehead atoms. The molecule has 122 valence electrons. The van der Waals surface area contributed by atoms with Crippen LogP contribution < -0.4 is 5.32 Å². The van der Waals surface area contributed by atoms with E-state index in [2.05, 4.69) is 10.3 Å². The van der Waals surface area contributed by atoms with Crippen molar-refractivity contribution < 1.29 is 19.4 Å². The van der Waals surface area contributed by atoms with E-state index >= 15 is 0 Å². The van der Waals surface area contributed by atoms with Crippen LogP contribution in [0.2, 0.25) is 0 Å². The fourth-order valence-electron chi connectivity index (χ4n) is 2.06. The molecule has 1 rings (SSSR count). The maximum Gasteiger partial charge on any atom is 0.407 e. The maximum atomic E-state index is 11.8. The van der Waals surface area contributed by atoms with E-state index in [1.165, 1.54) is 0 Å². The molecule has 1 aromatic heterocycles. The molecule has 1 unspecified atom stereocenters. The van der Waals surface area contributed by atoms with Crippen LogP contribution in [0, 0.1) is 5.41 Å². The van der Waals surface area contributed by atoms with Gasteiger partial charge in [-0.05, 0) is 51.3 Å². The SMILES string of the molecule is CCC(CNC(=O)OC(C)(C)C)(Cc1ccncc1)C(=O)O. The average Bonchev–Trinajstić information content (AvgIpc) is 2.42. The van der Waals surface area contributed by atoms with Crippen molar-refractivity contribution in [1.29, 1.82) is 0 Å². The summed E-state index contributed by atoms with van der Waals surface area (Å²) in [6.45, 7) is 7.08. The normalized spacial score (nSPS) is 14.0. The molecule has 1 amide bonds. The van der Waals surface area contributed by atoms with Crippen LogP contribution in [0.25, 0.3) is 0 Å². The quantitative estimate of drug-likeness (QED) is 0.843. The molecule has 0 saturated carbocycles. The number of pyridine rings is 1. The minimum absolute atomic E-state index is 0.00999. The Bertz CT molecular complexity index is 511. The Morgan fingerprint density at radius 3 is 2.32 bits per heavy atom. The smallest absolute Gasteiger partial charge is 0.407 e. The summed E-state index contributed by atoms with van der Waals surface area (Å²) in [6.07, 6.45) is 3.34. The van der Waals surface area contributed by atoms with Crippen LogP contribution in [-0.2, 0) is 16.0 Å². The van der Waals surface area contributed by atoms with Crippen molar-refractivity contribution in [1.82, 2.24) is 10.3 Å². The summed E-state index contributed by atoms with van der Waals surface area (Å²) in [5.41, 5.74) is -0.823. The van der Waals surface area contributed by atoms with E-state index in [-0.39, 0.29) is 6.54 Å². The molecule has 22 heavy (non-hydrogen) atoms. The predicted octanol–water partition coefficient (Wildman–Crippen LogP) is 2.63. The molecule has 6 heteroatoms. The van der Waals surface area contributed by atoms with Crippen LogP contribution in [0.3, 0.4) is 0 Å². The minimum Gasteiger partial charge on any atom is -0.481 e. The van der Waals surface area contributed by atoms with E-state index < -0.39 is 23.1 Å². The number of rotatable bonds is 6. The average molecular weight is 308 g/mol. The van der Waals surface area contributed by atoms with E-state index in [0.717, 1.165) is 5.56 Å². The Balaban J connectivity index is 2.80. The molecule has 2 N–H and O–H groups in total. The van der Waals surface area contributed by atoms with Gasteiger partial charge in [-0.3, -0.25) is 9.78 Å². The second kappa shape index (κ2) is 7.24. The lowest BCUT2D eigenvalue weighted by Crippen LogP contribution is -2.45. The Kier molecular flexibility index (Phi) is 5.91. The first-order chi connectivity index (χ1) is 10.2. The van der Waals surface area contributed by atoms with Gasteiger partial charge in [-0.1, -0.05) is 6.92 Å². The monoisotopic (exact) mass is 308 g/mol. The van der Waals surface area contributed by atoms with Gasteiger partial charge in [0, 0.05) is 18.9 Å². The van der Waals surface area contributed by atoms with Crippen LogP contribution >= 0.6 is 0 Å². The van der Waals surface area contributed by atoms with Crippen molar-refractivity contribution in [2.45, 2.75) is 46.1 Å². The number of amides is 1. The number of hydrogen-bond acceptors (Lipinski definition) is 4. The highest BCUT2D eigenvalue weighted by Crippen LogP contribution is 2.27. The van der Waals surface area contributed by atoms with Crippen molar-refractivity contribution in [3.8, 4) is 0 Å². The summed E-state index contributed by atoms with van der Waals surface area (Å²) in [5.74, 6) is -0.942. The second-order valence-corrected chi connectivity index (χ2v) is 6.33. The molecule has 0 aromatic carbocycles. The summed E-state index contributed by atoms with van der Waals surface area (Å²) in [7, 11) is 0. The first kappa shape index (κ1) is 17.9. The number of carbonyl (C=O) groups is 2. The molecule has 0 aliphatic heterocycles. The third-order valence-corrected chi connectivity index (χ3v) is 3.39. The summed E-state index contributed by atoms with van der Waals surface area (Å²) in [5, 5.41) is 12.2. The predicted molar refractivity (Wildman–Crippen MR) is 82.5 cm³/mol. The molecule has 0 spiro atoms. The van der Waals surface area contributed by atoms with Gasteiger partial charge in [-0.25, -0.2) is 4.79 Å². The van der Waals surface area contributed by atoms with Gasteiger partial charge in [0.1, 0.15) is 5.60 Å². The zero-order valence-corrected chi connectivity index (χ0v) is 13.5. The molecule has 0 radical (unpaired) electrons. The highest BCUT2D eigenvalue weighted by atomic mass is 16.6. The summed E-state index contributed by atoms with van der Waals surface area (Å²) >= 11 is 0. The van der Waals surface area contributed by atoms with Crippen molar-refractivity contribution in [2.75, 3.05) is 6.54 Å². The summed E-state index contributed by atoms with van der Waals surface area (Å²) in [4.78, 5) is 27.4. The summed E-state index contributed by atoms with van der Waals surface area (Å²) < 4.78 is 5.15. The first-order valence-corrected chi connectivity index (χ1v) is 7.28. The lowest BCUT2D eigenvalue weighted by molar-refractivity contribution is -0.148. The van der Waals surface area contributed by atoms with Crippen LogP contribution in [-0.4, -0.2) is 34.3 Å². The van der Waals surface area contributed by atoms with Gasteiger partial charge >= 0.3 is 12.1 Å². The van der Waals surface area contributed by atoms with E-state index in [0.29, 0.717) is 12.8 Å². The van der Waals surface area contributed by atoms with Crippen molar-refractivity contribution >= 4 is 12.1 Å². The number of aromatic nitrogens is 1. The topological polar surface area (TPSA) is 88.5 Å². The number of carboxylic acid groups (broad SMARTS) is 1. The van der Waals surface area contributed by atoms with E-state index in [1.54, 1.807) is 52.2 Å². The van der Waals surface area contributed by atoms with Crippen molar-refractivity contribution in [3.05, 3.63) is 30.1 Å². The lowest BCUT2D eigenvalue weighted by atomic mass is 9.79. The van der Waals surface area contributed by atoms with E-state index in [4.69, 9.17) is 4.74 Å². The molecular weight excluding hydrogens is 284 g/mol. The minimum atomic E-state index is -1.07. The fraction of sp³-hybridized carbons (Fsp3) is 0.562. The highest BCUT2D eigenvalue weighted by molar-refractivity contribution is 5.77. The number of hydrogen-bond donors (Lipinski definition) is 2. The van der Waals surface area contributed by atoms with Gasteiger partial charge in [0.05, 0.1) is 5.41 Å². The van der Waals surface area contributed by atoms with Gasteiger partial charge in [0.2, 0.25) is 0 Å². The van der Waals surface area contributed by atoms with Gasteiger partial charge in [-0.2, -0.15) is 0 Å². The molecule has 0 aliphatic carbocycles. The zero-order chi connectivity index (χ0) is 16.8. The Morgan fingerprint density at radius 1 is 1.27 bits per heavy atom. The number of aliphatic carboxylic acids is 1. The third kappa shape index (κ3) is 5.35. The van der Waals surface area contributed by atoms with Gasteiger partial charge in [0.15, 0.2) is 0 Å². The van der Waals surface area contributed by atoms with Gasteiger partial charge < -0.3 is 15.2 Å². The first-order valence-electron chi connectivity index (χ1n) is 7.28. The fourth-order valence-corrected chi connectivity index (χ4v) is 2.06. The Hall–Kier alpha value is -2.11. The molecule has 0 saturated heterocycles. The molecular formula is C16H24N2O4. The molecule has 1 aromatic rings. The number of nitrogens with one attached hydrogen (secondary N) is 1. The number of carboxylic acids is 1. The molecule has 1 heterocycles. The van der Waals surface area contributed by atoms with Crippen LogP contribution in [0.4, 0.5) is 4.79 Å². The van der Waals surface area contributed by atoms with Gasteiger partial charge in [-0.15, -0.1) is 0 Å². The Labute approximate surface area is 130 Å². The summed E-state index contributed by atoms with van der Waals surface area (Å²) in [6, 6.07) is 3.56. The van der Waals surface area contributed by atoms with Gasteiger partial charge in [0.25, 0.3) is 0 Å². The van der Waals surface area contributed by atoms with Crippen LogP contribution in [0.15, 0.2) is 24.5 Å². The Morgan fingerprint density at radius 2 is 1.86 bits per heavy atom. The zero-order valence-electron chi connectivity index (χ0n) is 13.5. The van der Waals surface area contributed by atoms with Crippen molar-refractivity contribution in [3.63, 3.8) is 0 Å². The maximum absolute atomic E-state index is 11.8.